The van der Waals surface area contributed by atoms with Crippen LogP contribution in [0.25, 0.3) is 5.69 Å². The maximum absolute atomic E-state index is 11.8. The van der Waals surface area contributed by atoms with Crippen LogP contribution in [-0.2, 0) is 0 Å². The number of hydrogen-bond donors (Lipinski definition) is 2. The van der Waals surface area contributed by atoms with Crippen LogP contribution in [0.3, 0.4) is 0 Å². The summed E-state index contributed by atoms with van der Waals surface area (Å²) in [7, 11) is 0. The fourth-order valence-electron chi connectivity index (χ4n) is 1.50. The van der Waals surface area contributed by atoms with Crippen molar-refractivity contribution < 1.29 is 9.90 Å². The van der Waals surface area contributed by atoms with E-state index in [0.29, 0.717) is 4.57 Å². The molecule has 0 bridgehead atoms. The van der Waals surface area contributed by atoms with Gasteiger partial charge < -0.3 is 10.1 Å². The maximum atomic E-state index is 11.8. The molecule has 0 saturated heterocycles. The molecule has 0 spiro atoms. The highest BCUT2D eigenvalue weighted by molar-refractivity contribution is 6.43. The number of aromatic carboxylic acids is 1. The van der Waals surface area contributed by atoms with Gasteiger partial charge in [0.05, 0.1) is 15.7 Å². The zero-order valence-electron chi connectivity index (χ0n) is 9.18. The zero-order valence-corrected chi connectivity index (χ0v) is 10.7. The van der Waals surface area contributed by atoms with Crippen LogP contribution in [-0.4, -0.2) is 20.6 Å². The first-order valence-electron chi connectivity index (χ1n) is 4.96. The molecule has 0 unspecified atom stereocenters. The summed E-state index contributed by atoms with van der Waals surface area (Å²) in [5.41, 5.74) is -2.14. The van der Waals surface area contributed by atoms with E-state index in [1.165, 1.54) is 18.2 Å². The average molecular weight is 301 g/mol. The molecule has 8 heteroatoms. The van der Waals surface area contributed by atoms with E-state index in [-0.39, 0.29) is 15.7 Å². The minimum absolute atomic E-state index is 0.0276. The molecule has 0 saturated carbocycles. The van der Waals surface area contributed by atoms with E-state index in [1.807, 2.05) is 0 Å². The SMILES string of the molecule is O=C(O)c1cc(=O)n(-c2cccc(Cl)c2Cl)c(=O)[nH]1. The topological polar surface area (TPSA) is 92.2 Å². The Morgan fingerprint density at radius 1 is 1.26 bits per heavy atom. The Balaban J connectivity index is 2.78. The smallest absolute Gasteiger partial charge is 0.352 e. The standard InChI is InChI=1S/C11H6Cl2N2O4/c12-5-2-1-3-7(9(5)13)15-8(16)4-6(10(17)18)14-11(15)19/h1-4H,(H,14,19)(H,17,18). The molecular weight excluding hydrogens is 295 g/mol. The van der Waals surface area contributed by atoms with Crippen molar-refractivity contribution in [3.63, 3.8) is 0 Å². The van der Waals surface area contributed by atoms with E-state index in [2.05, 4.69) is 4.98 Å². The molecular formula is C11H6Cl2N2O4. The molecule has 0 aliphatic rings. The average Bonchev–Trinajstić information content (AvgIpc) is 2.33. The molecule has 6 nitrogen and oxygen atoms in total. The molecule has 19 heavy (non-hydrogen) atoms. The van der Waals surface area contributed by atoms with Gasteiger partial charge in [-0.25, -0.2) is 14.2 Å². The number of nitrogens with zero attached hydrogens (tertiary/aromatic N) is 1. The molecule has 1 heterocycles. The molecule has 0 aliphatic heterocycles. The number of H-pyrrole nitrogens is 1. The maximum Gasteiger partial charge on any atom is 0.352 e. The van der Waals surface area contributed by atoms with Gasteiger partial charge >= 0.3 is 11.7 Å². The highest BCUT2D eigenvalue weighted by Crippen LogP contribution is 2.26. The Kier molecular flexibility index (Phi) is 3.46. The monoisotopic (exact) mass is 300 g/mol. The second kappa shape index (κ2) is 4.91. The summed E-state index contributed by atoms with van der Waals surface area (Å²) in [6, 6.07) is 5.23. The van der Waals surface area contributed by atoms with Crippen molar-refractivity contribution in [1.29, 1.82) is 0 Å². The number of rotatable bonds is 2. The second-order valence-electron chi connectivity index (χ2n) is 3.54. The summed E-state index contributed by atoms with van der Waals surface area (Å²) in [5, 5.41) is 8.93. The number of aromatic amines is 1. The number of aromatic nitrogens is 2. The number of halogens is 2. The summed E-state index contributed by atoms with van der Waals surface area (Å²) in [6.45, 7) is 0. The molecule has 0 radical (unpaired) electrons. The van der Waals surface area contributed by atoms with Gasteiger partial charge in [0.25, 0.3) is 5.56 Å². The molecule has 1 aromatic carbocycles. The lowest BCUT2D eigenvalue weighted by Gasteiger charge is -2.07. The van der Waals surface area contributed by atoms with Crippen LogP contribution in [0.2, 0.25) is 10.0 Å². The molecule has 2 N–H and O–H groups in total. The van der Waals surface area contributed by atoms with Gasteiger partial charge in [0, 0.05) is 6.07 Å². The van der Waals surface area contributed by atoms with Gasteiger partial charge in [-0.3, -0.25) is 4.79 Å². The zero-order chi connectivity index (χ0) is 14.2. The Morgan fingerprint density at radius 2 is 1.95 bits per heavy atom. The number of benzene rings is 1. The largest absolute Gasteiger partial charge is 0.477 e. The van der Waals surface area contributed by atoms with E-state index in [9.17, 15) is 14.4 Å². The Hall–Kier alpha value is -2.05. The van der Waals surface area contributed by atoms with Gasteiger partial charge in [0.2, 0.25) is 0 Å². The van der Waals surface area contributed by atoms with Gasteiger partial charge in [-0.05, 0) is 12.1 Å². The summed E-state index contributed by atoms with van der Waals surface area (Å²) < 4.78 is 0.709. The van der Waals surface area contributed by atoms with Crippen molar-refractivity contribution in [3.8, 4) is 5.69 Å². The van der Waals surface area contributed by atoms with Crippen LogP contribution in [0.15, 0.2) is 33.9 Å². The molecule has 2 aromatic rings. The quantitative estimate of drug-likeness (QED) is 0.880. The minimum Gasteiger partial charge on any atom is -0.477 e. The van der Waals surface area contributed by atoms with Crippen molar-refractivity contribution >= 4 is 29.2 Å². The first-order valence-corrected chi connectivity index (χ1v) is 5.71. The van der Waals surface area contributed by atoms with Crippen LogP contribution >= 0.6 is 23.2 Å². The van der Waals surface area contributed by atoms with Crippen LogP contribution in [0.5, 0.6) is 0 Å². The van der Waals surface area contributed by atoms with Crippen molar-refractivity contribution in [2.45, 2.75) is 0 Å². The van der Waals surface area contributed by atoms with Crippen LogP contribution < -0.4 is 11.2 Å². The molecule has 98 valence electrons. The molecule has 0 aliphatic carbocycles. The highest BCUT2D eigenvalue weighted by Gasteiger charge is 2.14. The summed E-state index contributed by atoms with van der Waals surface area (Å²) in [6.07, 6.45) is 0. The normalized spacial score (nSPS) is 10.4. The minimum atomic E-state index is -1.40. The lowest BCUT2D eigenvalue weighted by Crippen LogP contribution is -2.35. The lowest BCUT2D eigenvalue weighted by molar-refractivity contribution is 0.0689. The third-order valence-electron chi connectivity index (χ3n) is 2.34. The van der Waals surface area contributed by atoms with Crippen LogP contribution in [0.4, 0.5) is 0 Å². The summed E-state index contributed by atoms with van der Waals surface area (Å²) in [4.78, 5) is 36.4. The Labute approximate surface area is 115 Å². The van der Waals surface area contributed by atoms with Crippen molar-refractivity contribution in [3.05, 3.63) is 60.8 Å². The van der Waals surface area contributed by atoms with E-state index in [1.54, 1.807) is 0 Å². The molecule has 0 fully saturated rings. The van der Waals surface area contributed by atoms with Crippen LogP contribution in [0.1, 0.15) is 10.5 Å². The number of hydrogen-bond acceptors (Lipinski definition) is 3. The van der Waals surface area contributed by atoms with E-state index >= 15 is 0 Å². The number of carboxylic acids is 1. The Bertz CT molecular complexity index is 748. The fraction of sp³-hybridized carbons (Fsp3) is 0. The summed E-state index contributed by atoms with van der Waals surface area (Å²) in [5.74, 6) is -1.40. The lowest BCUT2D eigenvalue weighted by atomic mass is 10.3. The van der Waals surface area contributed by atoms with Crippen molar-refractivity contribution in [2.75, 3.05) is 0 Å². The van der Waals surface area contributed by atoms with Gasteiger partial charge in [-0.15, -0.1) is 0 Å². The predicted octanol–water partition coefficient (Wildman–Crippen LogP) is 1.53. The molecule has 0 atom stereocenters. The van der Waals surface area contributed by atoms with Gasteiger partial charge in [-0.1, -0.05) is 29.3 Å². The van der Waals surface area contributed by atoms with Crippen molar-refractivity contribution in [2.24, 2.45) is 0 Å². The number of carbonyl (C=O) groups is 1. The number of carboxylic acid groups (broad SMARTS) is 1. The predicted molar refractivity (Wildman–Crippen MR) is 69.6 cm³/mol. The van der Waals surface area contributed by atoms with Gasteiger partial charge in [0.1, 0.15) is 5.69 Å². The fourth-order valence-corrected chi connectivity index (χ4v) is 1.88. The molecule has 1 aromatic heterocycles. The highest BCUT2D eigenvalue weighted by atomic mass is 35.5. The third kappa shape index (κ3) is 2.40. The second-order valence-corrected chi connectivity index (χ2v) is 4.33. The summed E-state index contributed by atoms with van der Waals surface area (Å²) >= 11 is 11.7. The number of nitrogens with one attached hydrogen (secondary N) is 1. The van der Waals surface area contributed by atoms with E-state index in [4.69, 9.17) is 28.3 Å². The van der Waals surface area contributed by atoms with E-state index < -0.39 is 22.9 Å². The van der Waals surface area contributed by atoms with Gasteiger partial charge in [-0.2, -0.15) is 0 Å². The van der Waals surface area contributed by atoms with Crippen molar-refractivity contribution in [1.82, 2.24) is 9.55 Å². The first kappa shape index (κ1) is 13.4. The Morgan fingerprint density at radius 3 is 2.53 bits per heavy atom. The van der Waals surface area contributed by atoms with E-state index in [0.717, 1.165) is 6.07 Å². The third-order valence-corrected chi connectivity index (χ3v) is 3.14. The molecule has 0 amide bonds. The molecule has 2 rings (SSSR count). The van der Waals surface area contributed by atoms with Gasteiger partial charge in [0.15, 0.2) is 0 Å². The first-order chi connectivity index (χ1) is 8.91. The van der Waals surface area contributed by atoms with Crippen LogP contribution in [0, 0.1) is 0 Å².